The van der Waals surface area contributed by atoms with Crippen molar-refractivity contribution >= 4 is 28.5 Å². The Morgan fingerprint density at radius 2 is 2.07 bits per heavy atom. The fraction of sp³-hybridized carbons (Fsp3) is 0.105. The molecule has 0 saturated heterocycles. The monoisotopic (exact) mass is 366 g/mol. The minimum Gasteiger partial charge on any atom is -0.453 e. The SMILES string of the molecule is C#CCNC(=O)CC(=O)Nc1ccc(Oc2ccnc3[nH]ccc23)c(F)c1. The number of aromatic nitrogens is 2. The van der Waals surface area contributed by atoms with Crippen molar-refractivity contribution in [3.05, 3.63) is 48.5 Å². The van der Waals surface area contributed by atoms with Crippen molar-refractivity contribution in [3.8, 4) is 23.8 Å². The number of pyridine rings is 1. The molecule has 0 atom stereocenters. The van der Waals surface area contributed by atoms with Crippen molar-refractivity contribution in [1.82, 2.24) is 15.3 Å². The Morgan fingerprint density at radius 3 is 2.85 bits per heavy atom. The van der Waals surface area contributed by atoms with Crippen LogP contribution in [0.4, 0.5) is 10.1 Å². The summed E-state index contributed by atoms with van der Waals surface area (Å²) in [5.74, 6) is 0.912. The van der Waals surface area contributed by atoms with Gasteiger partial charge in [0.2, 0.25) is 11.8 Å². The Morgan fingerprint density at radius 1 is 1.22 bits per heavy atom. The van der Waals surface area contributed by atoms with Crippen LogP contribution in [0.5, 0.6) is 11.5 Å². The quantitative estimate of drug-likeness (QED) is 0.461. The van der Waals surface area contributed by atoms with Gasteiger partial charge in [0.25, 0.3) is 0 Å². The average Bonchev–Trinajstić information content (AvgIpc) is 3.12. The minimum absolute atomic E-state index is 0.00605. The summed E-state index contributed by atoms with van der Waals surface area (Å²) >= 11 is 0. The number of carbonyl (C=O) groups excluding carboxylic acids is 2. The molecular weight excluding hydrogens is 351 g/mol. The molecule has 0 saturated carbocycles. The normalized spacial score (nSPS) is 10.2. The fourth-order valence-electron chi connectivity index (χ4n) is 2.37. The lowest BCUT2D eigenvalue weighted by Gasteiger charge is -2.10. The first-order valence-electron chi connectivity index (χ1n) is 7.96. The Balaban J connectivity index is 1.67. The van der Waals surface area contributed by atoms with Gasteiger partial charge in [-0.25, -0.2) is 9.37 Å². The van der Waals surface area contributed by atoms with E-state index < -0.39 is 24.1 Å². The molecule has 2 aromatic heterocycles. The number of carbonyl (C=O) groups is 2. The number of benzene rings is 1. The third-order valence-corrected chi connectivity index (χ3v) is 3.56. The third kappa shape index (κ3) is 4.41. The lowest BCUT2D eigenvalue weighted by molar-refractivity contribution is -0.126. The van der Waals surface area contributed by atoms with E-state index in [2.05, 4.69) is 26.5 Å². The molecule has 1 aromatic carbocycles. The van der Waals surface area contributed by atoms with E-state index in [4.69, 9.17) is 11.2 Å². The Kier molecular flexibility index (Phi) is 5.33. The van der Waals surface area contributed by atoms with Gasteiger partial charge in [0.1, 0.15) is 17.8 Å². The predicted octanol–water partition coefficient (Wildman–Crippen LogP) is 2.57. The molecule has 0 aliphatic carbocycles. The summed E-state index contributed by atoms with van der Waals surface area (Å²) < 4.78 is 20.0. The maximum Gasteiger partial charge on any atom is 0.233 e. The van der Waals surface area contributed by atoms with Gasteiger partial charge in [0.05, 0.1) is 11.9 Å². The van der Waals surface area contributed by atoms with Crippen LogP contribution in [0.2, 0.25) is 0 Å². The molecule has 0 unspecified atom stereocenters. The standard InChI is InChI=1S/C19H15FN4O3/c1-2-7-21-17(25)11-18(26)24-12-3-4-16(14(20)10-12)27-15-6-9-23-19-13(15)5-8-22-19/h1,3-6,8-10H,7,11H2,(H,21,25)(H,22,23)(H,24,26). The highest BCUT2D eigenvalue weighted by Crippen LogP contribution is 2.31. The van der Waals surface area contributed by atoms with Gasteiger partial charge in [-0.15, -0.1) is 6.42 Å². The van der Waals surface area contributed by atoms with Crippen molar-refractivity contribution in [1.29, 1.82) is 0 Å². The summed E-state index contributed by atoms with van der Waals surface area (Å²) in [7, 11) is 0. The van der Waals surface area contributed by atoms with E-state index in [1.54, 1.807) is 24.5 Å². The van der Waals surface area contributed by atoms with Gasteiger partial charge in [-0.3, -0.25) is 9.59 Å². The second-order valence-corrected chi connectivity index (χ2v) is 5.50. The number of amides is 2. The van der Waals surface area contributed by atoms with Gasteiger partial charge < -0.3 is 20.4 Å². The molecule has 0 fully saturated rings. The van der Waals surface area contributed by atoms with Gasteiger partial charge in [0, 0.05) is 24.1 Å². The number of H-pyrrole nitrogens is 1. The summed E-state index contributed by atoms with van der Waals surface area (Å²) in [6.45, 7) is 0.0379. The van der Waals surface area contributed by atoms with E-state index in [1.165, 1.54) is 12.1 Å². The molecule has 136 valence electrons. The number of hydrogen-bond acceptors (Lipinski definition) is 4. The number of aromatic amines is 1. The topological polar surface area (TPSA) is 96.1 Å². The molecule has 3 N–H and O–H groups in total. The van der Waals surface area contributed by atoms with Gasteiger partial charge in [0.15, 0.2) is 11.6 Å². The third-order valence-electron chi connectivity index (χ3n) is 3.56. The van der Waals surface area contributed by atoms with Gasteiger partial charge in [-0.1, -0.05) is 5.92 Å². The van der Waals surface area contributed by atoms with Crippen LogP contribution in [0.3, 0.4) is 0 Å². The molecule has 0 radical (unpaired) electrons. The molecule has 7 nitrogen and oxygen atoms in total. The fourth-order valence-corrected chi connectivity index (χ4v) is 2.37. The molecule has 2 heterocycles. The summed E-state index contributed by atoms with van der Waals surface area (Å²) in [5, 5.41) is 5.53. The van der Waals surface area contributed by atoms with Crippen LogP contribution in [-0.2, 0) is 9.59 Å². The van der Waals surface area contributed by atoms with Crippen molar-refractivity contribution in [2.24, 2.45) is 0 Å². The molecular formula is C19H15FN4O3. The molecule has 0 bridgehead atoms. The lowest BCUT2D eigenvalue weighted by atomic mass is 10.2. The molecule has 3 aromatic rings. The van der Waals surface area contributed by atoms with E-state index in [0.717, 1.165) is 6.07 Å². The molecule has 0 aliphatic heterocycles. The molecule has 27 heavy (non-hydrogen) atoms. The molecule has 3 rings (SSSR count). The molecule has 2 amide bonds. The maximum atomic E-state index is 14.3. The van der Waals surface area contributed by atoms with Crippen LogP contribution < -0.4 is 15.4 Å². The zero-order valence-electron chi connectivity index (χ0n) is 14.1. The van der Waals surface area contributed by atoms with Crippen LogP contribution in [-0.4, -0.2) is 28.3 Å². The first-order chi connectivity index (χ1) is 13.1. The Hall–Kier alpha value is -3.86. The summed E-state index contributed by atoms with van der Waals surface area (Å²) in [6, 6.07) is 7.38. The van der Waals surface area contributed by atoms with Gasteiger partial charge in [-0.2, -0.15) is 0 Å². The molecule has 8 heteroatoms. The Bertz CT molecular complexity index is 1040. The number of fused-ring (bicyclic) bond motifs is 1. The number of hydrogen-bond donors (Lipinski definition) is 3. The van der Waals surface area contributed by atoms with Crippen molar-refractivity contribution in [2.45, 2.75) is 6.42 Å². The Labute approximate surface area is 153 Å². The summed E-state index contributed by atoms with van der Waals surface area (Å²) in [4.78, 5) is 30.3. The van der Waals surface area contributed by atoms with Crippen LogP contribution in [0, 0.1) is 18.2 Å². The number of anilines is 1. The van der Waals surface area contributed by atoms with E-state index in [1.807, 2.05) is 0 Å². The van der Waals surface area contributed by atoms with Crippen LogP contribution >= 0.6 is 0 Å². The van der Waals surface area contributed by atoms with Crippen molar-refractivity contribution in [2.75, 3.05) is 11.9 Å². The van der Waals surface area contributed by atoms with Gasteiger partial charge in [-0.05, 0) is 24.3 Å². The highest BCUT2D eigenvalue weighted by Gasteiger charge is 2.12. The smallest absolute Gasteiger partial charge is 0.233 e. The van der Waals surface area contributed by atoms with E-state index >= 15 is 0 Å². The van der Waals surface area contributed by atoms with E-state index in [-0.39, 0.29) is 18.0 Å². The highest BCUT2D eigenvalue weighted by molar-refractivity contribution is 6.03. The van der Waals surface area contributed by atoms with Crippen molar-refractivity contribution < 1.29 is 18.7 Å². The zero-order valence-corrected chi connectivity index (χ0v) is 14.1. The number of nitrogens with one attached hydrogen (secondary N) is 3. The first-order valence-corrected chi connectivity index (χ1v) is 7.96. The first kappa shape index (κ1) is 17.9. The summed E-state index contributed by atoms with van der Waals surface area (Å²) in [5.41, 5.74) is 0.830. The number of terminal acetylenes is 1. The number of halogens is 1. The number of ether oxygens (including phenoxy) is 1. The average molecular weight is 366 g/mol. The van der Waals surface area contributed by atoms with E-state index in [9.17, 15) is 14.0 Å². The van der Waals surface area contributed by atoms with Crippen LogP contribution in [0.15, 0.2) is 42.7 Å². The highest BCUT2D eigenvalue weighted by atomic mass is 19.1. The number of nitrogens with zero attached hydrogens (tertiary/aromatic N) is 1. The molecule has 0 spiro atoms. The van der Waals surface area contributed by atoms with Crippen molar-refractivity contribution in [3.63, 3.8) is 0 Å². The largest absolute Gasteiger partial charge is 0.453 e. The second kappa shape index (κ2) is 8.01. The predicted molar refractivity (Wildman–Crippen MR) is 97.7 cm³/mol. The van der Waals surface area contributed by atoms with Crippen LogP contribution in [0.25, 0.3) is 11.0 Å². The summed E-state index contributed by atoms with van der Waals surface area (Å²) in [6.07, 6.45) is 7.86. The van der Waals surface area contributed by atoms with Gasteiger partial charge >= 0.3 is 0 Å². The minimum atomic E-state index is -0.662. The zero-order chi connectivity index (χ0) is 19.2. The number of rotatable bonds is 6. The lowest BCUT2D eigenvalue weighted by Crippen LogP contribution is -2.28. The maximum absolute atomic E-state index is 14.3. The second-order valence-electron chi connectivity index (χ2n) is 5.50. The molecule has 0 aliphatic rings. The van der Waals surface area contributed by atoms with Crippen LogP contribution in [0.1, 0.15) is 6.42 Å². The van der Waals surface area contributed by atoms with E-state index in [0.29, 0.717) is 16.8 Å².